The summed E-state index contributed by atoms with van der Waals surface area (Å²) in [7, 11) is 0. The average Bonchev–Trinajstić information content (AvgIpc) is 2.74. The van der Waals surface area contributed by atoms with Crippen molar-refractivity contribution in [1.82, 2.24) is 5.32 Å². The largest absolute Gasteiger partial charge is 0.349 e. The van der Waals surface area contributed by atoms with Gasteiger partial charge in [0.1, 0.15) is 11.6 Å². The second-order valence-corrected chi connectivity index (χ2v) is 5.24. The van der Waals surface area contributed by atoms with E-state index in [4.69, 9.17) is 5.26 Å². The predicted molar refractivity (Wildman–Crippen MR) is 79.7 cm³/mol. The van der Waals surface area contributed by atoms with Crippen molar-refractivity contribution >= 4 is 12.0 Å². The highest BCUT2D eigenvalue weighted by molar-refractivity contribution is 6.01. The second kappa shape index (κ2) is 7.49. The SMILES string of the molecule is N#CC(=Cc1ccccc1)C(=O)NC1CCCCCC1. The topological polar surface area (TPSA) is 52.9 Å². The second-order valence-electron chi connectivity index (χ2n) is 5.24. The average molecular weight is 268 g/mol. The molecule has 1 N–H and O–H groups in total. The zero-order chi connectivity index (χ0) is 14.2. The number of carbonyl (C=O) groups is 1. The Morgan fingerprint density at radius 3 is 2.40 bits per heavy atom. The highest BCUT2D eigenvalue weighted by Crippen LogP contribution is 2.17. The molecule has 20 heavy (non-hydrogen) atoms. The van der Waals surface area contributed by atoms with Gasteiger partial charge in [0.05, 0.1) is 0 Å². The van der Waals surface area contributed by atoms with E-state index in [1.807, 2.05) is 36.4 Å². The molecule has 0 aromatic heterocycles. The summed E-state index contributed by atoms with van der Waals surface area (Å²) in [6.45, 7) is 0. The lowest BCUT2D eigenvalue weighted by molar-refractivity contribution is -0.117. The van der Waals surface area contributed by atoms with Crippen molar-refractivity contribution in [2.45, 2.75) is 44.6 Å². The highest BCUT2D eigenvalue weighted by atomic mass is 16.1. The molecule has 0 radical (unpaired) electrons. The number of amides is 1. The van der Waals surface area contributed by atoms with E-state index in [1.165, 1.54) is 12.8 Å². The van der Waals surface area contributed by atoms with Crippen LogP contribution in [0.5, 0.6) is 0 Å². The van der Waals surface area contributed by atoms with Crippen LogP contribution in [0, 0.1) is 11.3 Å². The van der Waals surface area contributed by atoms with Crippen molar-refractivity contribution in [2.75, 3.05) is 0 Å². The van der Waals surface area contributed by atoms with Gasteiger partial charge in [-0.1, -0.05) is 56.0 Å². The first kappa shape index (κ1) is 14.3. The van der Waals surface area contributed by atoms with E-state index in [0.717, 1.165) is 31.2 Å². The van der Waals surface area contributed by atoms with Gasteiger partial charge in [-0.15, -0.1) is 0 Å². The fraction of sp³-hybridized carbons (Fsp3) is 0.412. The van der Waals surface area contributed by atoms with Crippen LogP contribution in [0.3, 0.4) is 0 Å². The Balaban J connectivity index is 2.02. The monoisotopic (exact) mass is 268 g/mol. The molecule has 0 unspecified atom stereocenters. The highest BCUT2D eigenvalue weighted by Gasteiger charge is 2.17. The third kappa shape index (κ3) is 4.24. The maximum Gasteiger partial charge on any atom is 0.262 e. The number of rotatable bonds is 3. The molecule has 1 aromatic rings. The minimum Gasteiger partial charge on any atom is -0.349 e. The van der Waals surface area contributed by atoms with Gasteiger partial charge >= 0.3 is 0 Å². The first-order chi connectivity index (χ1) is 9.79. The molecule has 0 aliphatic heterocycles. The molecule has 0 spiro atoms. The minimum atomic E-state index is -0.247. The van der Waals surface area contributed by atoms with Gasteiger partial charge in [-0.05, 0) is 24.5 Å². The number of nitriles is 1. The lowest BCUT2D eigenvalue weighted by atomic mass is 10.1. The third-order valence-electron chi connectivity index (χ3n) is 3.67. The van der Waals surface area contributed by atoms with E-state index in [2.05, 4.69) is 5.32 Å². The molecule has 0 atom stereocenters. The van der Waals surface area contributed by atoms with Crippen LogP contribution >= 0.6 is 0 Å². The van der Waals surface area contributed by atoms with Crippen LogP contribution in [0.15, 0.2) is 35.9 Å². The fourth-order valence-electron chi connectivity index (χ4n) is 2.55. The van der Waals surface area contributed by atoms with Crippen molar-refractivity contribution in [1.29, 1.82) is 5.26 Å². The Kier molecular flexibility index (Phi) is 5.37. The van der Waals surface area contributed by atoms with Crippen molar-refractivity contribution < 1.29 is 4.79 Å². The summed E-state index contributed by atoms with van der Waals surface area (Å²) in [6, 6.07) is 11.7. The maximum absolute atomic E-state index is 12.2. The molecule has 1 saturated carbocycles. The van der Waals surface area contributed by atoms with Crippen molar-refractivity contribution in [2.24, 2.45) is 0 Å². The van der Waals surface area contributed by atoms with Crippen LogP contribution in [0.1, 0.15) is 44.1 Å². The first-order valence-electron chi connectivity index (χ1n) is 7.27. The summed E-state index contributed by atoms with van der Waals surface area (Å²) >= 11 is 0. The Hall–Kier alpha value is -2.08. The number of nitrogens with zero attached hydrogens (tertiary/aromatic N) is 1. The Bertz CT molecular complexity index is 506. The standard InChI is InChI=1S/C17H20N2O/c18-13-15(12-14-8-4-3-5-9-14)17(20)19-16-10-6-1-2-7-11-16/h3-5,8-9,12,16H,1-2,6-7,10-11H2,(H,19,20). The number of carbonyl (C=O) groups excluding carboxylic acids is 1. The molecular formula is C17H20N2O. The molecule has 0 saturated heterocycles. The lowest BCUT2D eigenvalue weighted by Gasteiger charge is -2.15. The summed E-state index contributed by atoms with van der Waals surface area (Å²) in [5.41, 5.74) is 1.06. The lowest BCUT2D eigenvalue weighted by Crippen LogP contribution is -2.35. The number of hydrogen-bond acceptors (Lipinski definition) is 2. The Morgan fingerprint density at radius 1 is 1.15 bits per heavy atom. The van der Waals surface area contributed by atoms with Gasteiger partial charge in [0, 0.05) is 6.04 Å². The third-order valence-corrected chi connectivity index (χ3v) is 3.67. The molecule has 1 aliphatic carbocycles. The molecule has 0 heterocycles. The van der Waals surface area contributed by atoms with E-state index < -0.39 is 0 Å². The zero-order valence-corrected chi connectivity index (χ0v) is 11.6. The molecule has 3 heteroatoms. The van der Waals surface area contributed by atoms with E-state index >= 15 is 0 Å². The zero-order valence-electron chi connectivity index (χ0n) is 11.6. The fourth-order valence-corrected chi connectivity index (χ4v) is 2.55. The van der Waals surface area contributed by atoms with Gasteiger partial charge in [0.2, 0.25) is 0 Å². The van der Waals surface area contributed by atoms with E-state index in [0.29, 0.717) is 0 Å². The smallest absolute Gasteiger partial charge is 0.262 e. The van der Waals surface area contributed by atoms with Gasteiger partial charge in [-0.25, -0.2) is 0 Å². The van der Waals surface area contributed by atoms with Crippen molar-refractivity contribution in [3.63, 3.8) is 0 Å². The summed E-state index contributed by atoms with van der Waals surface area (Å²) < 4.78 is 0. The molecule has 1 fully saturated rings. The van der Waals surface area contributed by atoms with Crippen LogP contribution in [0.2, 0.25) is 0 Å². The number of nitrogens with one attached hydrogen (secondary N) is 1. The quantitative estimate of drug-likeness (QED) is 0.518. The predicted octanol–water partition coefficient (Wildman–Crippen LogP) is 3.43. The van der Waals surface area contributed by atoms with Gasteiger partial charge in [0.25, 0.3) is 5.91 Å². The van der Waals surface area contributed by atoms with Gasteiger partial charge < -0.3 is 5.32 Å². The van der Waals surface area contributed by atoms with Crippen LogP contribution in [-0.4, -0.2) is 11.9 Å². The summed E-state index contributed by atoms with van der Waals surface area (Å²) in [5.74, 6) is -0.247. The summed E-state index contributed by atoms with van der Waals surface area (Å²) in [4.78, 5) is 12.2. The normalized spacial score (nSPS) is 17.1. The molecule has 2 rings (SSSR count). The number of benzene rings is 1. The minimum absolute atomic E-state index is 0.181. The molecule has 1 amide bonds. The molecule has 104 valence electrons. The molecule has 1 aromatic carbocycles. The number of hydrogen-bond donors (Lipinski definition) is 1. The van der Waals surface area contributed by atoms with Crippen molar-refractivity contribution in [3.8, 4) is 6.07 Å². The molecule has 0 bridgehead atoms. The van der Waals surface area contributed by atoms with Crippen LogP contribution < -0.4 is 5.32 Å². The van der Waals surface area contributed by atoms with Gasteiger partial charge in [0.15, 0.2) is 0 Å². The van der Waals surface area contributed by atoms with Crippen LogP contribution in [0.25, 0.3) is 6.08 Å². The Labute approximate surface area is 120 Å². The molecular weight excluding hydrogens is 248 g/mol. The van der Waals surface area contributed by atoms with Gasteiger partial charge in [-0.2, -0.15) is 5.26 Å². The van der Waals surface area contributed by atoms with Crippen LogP contribution in [-0.2, 0) is 4.79 Å². The summed E-state index contributed by atoms with van der Waals surface area (Å²) in [5, 5.41) is 12.2. The first-order valence-corrected chi connectivity index (χ1v) is 7.27. The molecule has 1 aliphatic rings. The van der Waals surface area contributed by atoms with E-state index in [-0.39, 0.29) is 17.5 Å². The van der Waals surface area contributed by atoms with E-state index in [1.54, 1.807) is 6.08 Å². The van der Waals surface area contributed by atoms with Crippen molar-refractivity contribution in [3.05, 3.63) is 41.5 Å². The van der Waals surface area contributed by atoms with Gasteiger partial charge in [-0.3, -0.25) is 4.79 Å². The maximum atomic E-state index is 12.2. The van der Waals surface area contributed by atoms with E-state index in [9.17, 15) is 4.79 Å². The summed E-state index contributed by atoms with van der Waals surface area (Å²) in [6.07, 6.45) is 8.51. The van der Waals surface area contributed by atoms with Crippen LogP contribution in [0.4, 0.5) is 0 Å². The molecule has 3 nitrogen and oxygen atoms in total. The Morgan fingerprint density at radius 2 is 1.80 bits per heavy atom.